The lowest BCUT2D eigenvalue weighted by atomic mass is 10.2. The molecule has 1 amide bonds. The topological polar surface area (TPSA) is 42.4 Å². The first-order valence-corrected chi connectivity index (χ1v) is 8.81. The predicted molar refractivity (Wildman–Crippen MR) is 94.2 cm³/mol. The summed E-state index contributed by atoms with van der Waals surface area (Å²) in [5.74, 6) is 0.694. The van der Waals surface area contributed by atoms with Gasteiger partial charge in [-0.25, -0.2) is 4.98 Å². The Hall–Kier alpha value is -2.18. The molecule has 3 aromatic rings. The molecule has 1 aromatic carbocycles. The molecular weight excluding hydrogens is 328 g/mol. The zero-order chi connectivity index (χ0) is 16.2. The molecule has 0 atom stereocenters. The molecule has 0 unspecified atom stereocenters. The average molecular weight is 344 g/mol. The Bertz CT molecular complexity index is 797. The largest absolute Gasteiger partial charge is 0.496 e. The van der Waals surface area contributed by atoms with Crippen LogP contribution in [-0.4, -0.2) is 29.9 Å². The molecule has 2 aromatic heterocycles. The summed E-state index contributed by atoms with van der Waals surface area (Å²) in [6, 6.07) is 11.7. The lowest BCUT2D eigenvalue weighted by Gasteiger charge is -2.17. The van der Waals surface area contributed by atoms with Crippen molar-refractivity contribution in [2.24, 2.45) is 0 Å². The van der Waals surface area contributed by atoms with Crippen LogP contribution in [0.5, 0.6) is 5.75 Å². The fourth-order valence-electron chi connectivity index (χ4n) is 2.24. The quantitative estimate of drug-likeness (QED) is 0.698. The van der Waals surface area contributed by atoms with E-state index in [1.165, 1.54) is 11.3 Å². The number of rotatable bonds is 5. The number of methoxy groups -OCH3 is 1. The minimum absolute atomic E-state index is 0.0880. The summed E-state index contributed by atoms with van der Waals surface area (Å²) in [7, 11) is 3.41. The van der Waals surface area contributed by atoms with Crippen LogP contribution in [0, 0.1) is 0 Å². The number of hydrogen-bond acceptors (Lipinski definition) is 5. The number of carbonyl (C=O) groups excluding carboxylic acids is 1. The number of para-hydroxylation sites is 1. The fourth-order valence-corrected chi connectivity index (χ4v) is 3.85. The average Bonchev–Trinajstić information content (AvgIpc) is 3.25. The van der Waals surface area contributed by atoms with Crippen LogP contribution in [0.4, 0.5) is 0 Å². The van der Waals surface area contributed by atoms with Crippen molar-refractivity contribution in [2.75, 3.05) is 14.2 Å². The van der Waals surface area contributed by atoms with Crippen molar-refractivity contribution < 1.29 is 9.53 Å². The van der Waals surface area contributed by atoms with Gasteiger partial charge in [-0.2, -0.15) is 0 Å². The normalized spacial score (nSPS) is 10.5. The van der Waals surface area contributed by atoms with Crippen molar-refractivity contribution in [3.8, 4) is 15.6 Å². The van der Waals surface area contributed by atoms with E-state index in [0.29, 0.717) is 12.2 Å². The maximum absolute atomic E-state index is 12.6. The van der Waals surface area contributed by atoms with Gasteiger partial charge in [-0.3, -0.25) is 4.79 Å². The monoisotopic (exact) mass is 344 g/mol. The Morgan fingerprint density at radius 2 is 2.04 bits per heavy atom. The number of thiophene rings is 1. The molecule has 118 valence electrons. The molecule has 23 heavy (non-hydrogen) atoms. The lowest BCUT2D eigenvalue weighted by Crippen LogP contribution is -2.26. The highest BCUT2D eigenvalue weighted by molar-refractivity contribution is 7.20. The molecule has 0 aliphatic carbocycles. The standard InChI is InChI=1S/C17H16N2O2S2/c1-19(10-12-6-3-4-7-14(12)21-2)17(20)13-11-23-16(18-13)15-8-5-9-22-15/h3-9,11H,10H2,1-2H3. The van der Waals surface area contributed by atoms with Crippen molar-refractivity contribution in [1.82, 2.24) is 9.88 Å². The summed E-state index contributed by atoms with van der Waals surface area (Å²) in [6.45, 7) is 0.481. The SMILES string of the molecule is COc1ccccc1CN(C)C(=O)c1csc(-c2cccs2)n1. The van der Waals surface area contributed by atoms with E-state index < -0.39 is 0 Å². The number of hydrogen-bond donors (Lipinski definition) is 0. The van der Waals surface area contributed by atoms with E-state index in [-0.39, 0.29) is 5.91 Å². The first-order chi connectivity index (χ1) is 11.2. The van der Waals surface area contributed by atoms with Gasteiger partial charge < -0.3 is 9.64 Å². The van der Waals surface area contributed by atoms with Gasteiger partial charge in [0.25, 0.3) is 5.91 Å². The Kier molecular flexibility index (Phi) is 4.73. The van der Waals surface area contributed by atoms with Crippen LogP contribution in [0.15, 0.2) is 47.2 Å². The van der Waals surface area contributed by atoms with E-state index in [2.05, 4.69) is 4.98 Å². The van der Waals surface area contributed by atoms with Crippen LogP contribution in [0.1, 0.15) is 16.1 Å². The Morgan fingerprint density at radius 3 is 2.78 bits per heavy atom. The van der Waals surface area contributed by atoms with Gasteiger partial charge in [-0.15, -0.1) is 22.7 Å². The molecule has 0 saturated carbocycles. The number of amides is 1. The minimum atomic E-state index is -0.0880. The van der Waals surface area contributed by atoms with E-state index in [1.54, 1.807) is 30.4 Å². The molecule has 0 bridgehead atoms. The van der Waals surface area contributed by atoms with Crippen molar-refractivity contribution >= 4 is 28.6 Å². The third-order valence-electron chi connectivity index (χ3n) is 3.40. The highest BCUT2D eigenvalue weighted by Gasteiger charge is 2.17. The molecule has 0 radical (unpaired) electrons. The van der Waals surface area contributed by atoms with Gasteiger partial charge in [0, 0.05) is 24.5 Å². The van der Waals surface area contributed by atoms with Crippen LogP contribution >= 0.6 is 22.7 Å². The summed E-state index contributed by atoms with van der Waals surface area (Å²) in [6.07, 6.45) is 0. The van der Waals surface area contributed by atoms with E-state index >= 15 is 0 Å². The zero-order valence-corrected chi connectivity index (χ0v) is 14.5. The third kappa shape index (κ3) is 3.43. The second kappa shape index (κ2) is 6.93. The van der Waals surface area contributed by atoms with E-state index in [0.717, 1.165) is 21.2 Å². The van der Waals surface area contributed by atoms with E-state index in [1.807, 2.05) is 47.2 Å². The lowest BCUT2D eigenvalue weighted by molar-refractivity contribution is 0.0779. The summed E-state index contributed by atoms with van der Waals surface area (Å²) in [4.78, 5) is 19.8. The molecule has 2 heterocycles. The molecule has 0 spiro atoms. The highest BCUT2D eigenvalue weighted by Crippen LogP contribution is 2.28. The Labute approximate surface area is 143 Å². The van der Waals surface area contributed by atoms with Crippen LogP contribution < -0.4 is 4.74 Å². The number of benzene rings is 1. The second-order valence-electron chi connectivity index (χ2n) is 4.99. The summed E-state index contributed by atoms with van der Waals surface area (Å²) in [5, 5.41) is 4.70. The molecule has 0 N–H and O–H groups in total. The molecule has 6 heteroatoms. The summed E-state index contributed by atoms with van der Waals surface area (Å²) < 4.78 is 5.33. The molecule has 0 saturated heterocycles. The van der Waals surface area contributed by atoms with Gasteiger partial charge in [0.1, 0.15) is 16.5 Å². The smallest absolute Gasteiger partial charge is 0.273 e. The molecule has 0 aliphatic rings. The molecule has 3 rings (SSSR count). The van der Waals surface area contributed by atoms with Crippen LogP contribution in [-0.2, 0) is 6.54 Å². The predicted octanol–water partition coefficient (Wildman–Crippen LogP) is 4.15. The second-order valence-corrected chi connectivity index (χ2v) is 6.79. The first-order valence-electron chi connectivity index (χ1n) is 7.06. The van der Waals surface area contributed by atoms with Gasteiger partial charge in [-0.1, -0.05) is 24.3 Å². The van der Waals surface area contributed by atoms with E-state index in [9.17, 15) is 4.79 Å². The van der Waals surface area contributed by atoms with Gasteiger partial charge in [0.2, 0.25) is 0 Å². The fraction of sp³-hybridized carbons (Fsp3) is 0.176. The number of nitrogens with zero attached hydrogens (tertiary/aromatic N) is 2. The first kappa shape index (κ1) is 15.7. The number of ether oxygens (including phenoxy) is 1. The van der Waals surface area contributed by atoms with Crippen molar-refractivity contribution in [3.63, 3.8) is 0 Å². The molecule has 0 fully saturated rings. The molecular formula is C17H16N2O2S2. The summed E-state index contributed by atoms with van der Waals surface area (Å²) >= 11 is 3.12. The molecule has 4 nitrogen and oxygen atoms in total. The maximum Gasteiger partial charge on any atom is 0.273 e. The van der Waals surface area contributed by atoms with Gasteiger partial charge in [0.05, 0.1) is 12.0 Å². The highest BCUT2D eigenvalue weighted by atomic mass is 32.1. The van der Waals surface area contributed by atoms with Crippen LogP contribution in [0.2, 0.25) is 0 Å². The van der Waals surface area contributed by atoms with Crippen LogP contribution in [0.25, 0.3) is 9.88 Å². The van der Waals surface area contributed by atoms with Gasteiger partial charge >= 0.3 is 0 Å². The van der Waals surface area contributed by atoms with Gasteiger partial charge in [-0.05, 0) is 17.5 Å². The Balaban J connectivity index is 1.75. The van der Waals surface area contributed by atoms with Crippen molar-refractivity contribution in [2.45, 2.75) is 6.54 Å². The minimum Gasteiger partial charge on any atom is -0.496 e. The van der Waals surface area contributed by atoms with Crippen molar-refractivity contribution in [1.29, 1.82) is 0 Å². The number of thiazole rings is 1. The maximum atomic E-state index is 12.6. The molecule has 0 aliphatic heterocycles. The Morgan fingerprint density at radius 1 is 1.22 bits per heavy atom. The van der Waals surface area contributed by atoms with Crippen molar-refractivity contribution in [3.05, 3.63) is 58.4 Å². The number of aromatic nitrogens is 1. The third-order valence-corrected chi connectivity index (χ3v) is 5.28. The van der Waals surface area contributed by atoms with Crippen LogP contribution in [0.3, 0.4) is 0 Å². The zero-order valence-electron chi connectivity index (χ0n) is 12.9. The van der Waals surface area contributed by atoms with Gasteiger partial charge in [0.15, 0.2) is 0 Å². The summed E-state index contributed by atoms with van der Waals surface area (Å²) in [5.41, 5.74) is 1.45. The number of carbonyl (C=O) groups is 1. The van der Waals surface area contributed by atoms with E-state index in [4.69, 9.17) is 4.74 Å².